The molecule has 0 aromatic rings. The van der Waals surface area contributed by atoms with E-state index in [9.17, 15) is 4.79 Å². The van der Waals surface area contributed by atoms with Gasteiger partial charge in [-0.1, -0.05) is 13.8 Å². The molecule has 1 heterocycles. The van der Waals surface area contributed by atoms with Crippen LogP contribution in [0.3, 0.4) is 0 Å². The zero-order chi connectivity index (χ0) is 13.0. The van der Waals surface area contributed by atoms with Gasteiger partial charge in [0.1, 0.15) is 0 Å². The Balaban J connectivity index is 2.36. The Morgan fingerprint density at radius 3 is 2.71 bits per heavy atom. The maximum absolute atomic E-state index is 11.9. The second kappa shape index (κ2) is 6.36. The molecule has 0 bridgehead atoms. The Bertz CT molecular complexity index is 255. The summed E-state index contributed by atoms with van der Waals surface area (Å²) in [4.78, 5) is 14.2. The first-order valence-corrected chi connectivity index (χ1v) is 6.66. The molecule has 1 aliphatic rings. The summed E-state index contributed by atoms with van der Waals surface area (Å²) >= 11 is 0. The van der Waals surface area contributed by atoms with Crippen molar-refractivity contribution in [2.75, 3.05) is 13.6 Å². The number of rotatable bonds is 4. The molecule has 0 spiro atoms. The fraction of sp³-hybridized carbons (Fsp3) is 0.923. The molecular formula is C13H27N3O. The molecule has 0 aliphatic carbocycles. The standard InChI is InChI=1S/C13H27N3O/c1-9(2)7-12(14)13(17)15-11-5-6-16(4)10(3)8-11/h9-12H,5-8,14H2,1-4H3,(H,15,17). The molecule has 1 rings (SSSR count). The smallest absolute Gasteiger partial charge is 0.237 e. The van der Waals surface area contributed by atoms with Crippen LogP contribution in [0, 0.1) is 5.92 Å². The van der Waals surface area contributed by atoms with Crippen molar-refractivity contribution in [2.24, 2.45) is 11.7 Å². The topological polar surface area (TPSA) is 58.4 Å². The van der Waals surface area contributed by atoms with Crippen LogP contribution in [0.2, 0.25) is 0 Å². The molecule has 3 atom stereocenters. The van der Waals surface area contributed by atoms with Gasteiger partial charge in [0.15, 0.2) is 0 Å². The van der Waals surface area contributed by atoms with Gasteiger partial charge >= 0.3 is 0 Å². The molecule has 1 fully saturated rings. The number of amides is 1. The predicted molar refractivity (Wildman–Crippen MR) is 70.7 cm³/mol. The molecule has 17 heavy (non-hydrogen) atoms. The van der Waals surface area contributed by atoms with E-state index in [1.165, 1.54) is 0 Å². The molecule has 4 nitrogen and oxygen atoms in total. The van der Waals surface area contributed by atoms with Crippen molar-refractivity contribution in [2.45, 2.75) is 58.2 Å². The summed E-state index contributed by atoms with van der Waals surface area (Å²) in [7, 11) is 2.13. The maximum Gasteiger partial charge on any atom is 0.237 e. The van der Waals surface area contributed by atoms with Crippen molar-refractivity contribution in [1.82, 2.24) is 10.2 Å². The summed E-state index contributed by atoms with van der Waals surface area (Å²) in [6.45, 7) is 7.42. The van der Waals surface area contributed by atoms with E-state index in [2.05, 4.69) is 38.0 Å². The highest BCUT2D eigenvalue weighted by atomic mass is 16.2. The van der Waals surface area contributed by atoms with E-state index in [0.29, 0.717) is 18.0 Å². The lowest BCUT2D eigenvalue weighted by molar-refractivity contribution is -0.123. The van der Waals surface area contributed by atoms with E-state index in [1.54, 1.807) is 0 Å². The number of piperidine rings is 1. The SMILES string of the molecule is CC(C)CC(N)C(=O)NC1CCN(C)C(C)C1. The largest absolute Gasteiger partial charge is 0.352 e. The van der Waals surface area contributed by atoms with Crippen molar-refractivity contribution >= 4 is 5.91 Å². The highest BCUT2D eigenvalue weighted by Gasteiger charge is 2.25. The maximum atomic E-state index is 11.9. The second-order valence-electron chi connectivity index (χ2n) is 5.80. The Hall–Kier alpha value is -0.610. The van der Waals surface area contributed by atoms with Gasteiger partial charge in [-0.3, -0.25) is 4.79 Å². The Kier molecular flexibility index (Phi) is 5.40. The number of nitrogens with zero attached hydrogens (tertiary/aromatic N) is 1. The van der Waals surface area contributed by atoms with E-state index in [1.807, 2.05) is 0 Å². The minimum absolute atomic E-state index is 0.0143. The molecule has 1 saturated heterocycles. The molecule has 4 heteroatoms. The molecule has 1 aliphatic heterocycles. The zero-order valence-electron chi connectivity index (χ0n) is 11.6. The minimum atomic E-state index is -0.357. The van der Waals surface area contributed by atoms with Crippen molar-refractivity contribution in [3.63, 3.8) is 0 Å². The lowest BCUT2D eigenvalue weighted by atomic mass is 9.97. The average molecular weight is 241 g/mol. The van der Waals surface area contributed by atoms with Gasteiger partial charge in [0, 0.05) is 18.6 Å². The minimum Gasteiger partial charge on any atom is -0.352 e. The highest BCUT2D eigenvalue weighted by molar-refractivity contribution is 5.81. The summed E-state index contributed by atoms with van der Waals surface area (Å²) in [5.41, 5.74) is 5.87. The van der Waals surface area contributed by atoms with Crippen LogP contribution in [0.4, 0.5) is 0 Å². The van der Waals surface area contributed by atoms with Gasteiger partial charge in [-0.05, 0) is 39.2 Å². The molecule has 100 valence electrons. The third-order valence-corrected chi connectivity index (χ3v) is 3.62. The van der Waals surface area contributed by atoms with E-state index in [4.69, 9.17) is 5.73 Å². The summed E-state index contributed by atoms with van der Waals surface area (Å²) < 4.78 is 0. The van der Waals surface area contributed by atoms with Crippen LogP contribution in [-0.2, 0) is 4.79 Å². The first-order chi connectivity index (χ1) is 7.90. The molecule has 3 N–H and O–H groups in total. The average Bonchev–Trinajstić information content (AvgIpc) is 2.22. The van der Waals surface area contributed by atoms with Crippen LogP contribution in [0.25, 0.3) is 0 Å². The molecule has 0 aromatic carbocycles. The van der Waals surface area contributed by atoms with Gasteiger partial charge in [0.05, 0.1) is 6.04 Å². The number of carbonyl (C=O) groups excluding carboxylic acids is 1. The molecule has 3 unspecified atom stereocenters. The van der Waals surface area contributed by atoms with E-state index in [-0.39, 0.29) is 11.9 Å². The number of nitrogens with one attached hydrogen (secondary N) is 1. The quantitative estimate of drug-likeness (QED) is 0.771. The van der Waals surface area contributed by atoms with E-state index in [0.717, 1.165) is 25.8 Å². The van der Waals surface area contributed by atoms with Crippen molar-refractivity contribution in [3.8, 4) is 0 Å². The van der Waals surface area contributed by atoms with Crippen molar-refractivity contribution < 1.29 is 4.79 Å². The fourth-order valence-electron chi connectivity index (χ4n) is 2.34. The highest BCUT2D eigenvalue weighted by Crippen LogP contribution is 2.15. The molecule has 0 saturated carbocycles. The Labute approximate surface area is 105 Å². The van der Waals surface area contributed by atoms with E-state index < -0.39 is 0 Å². The number of carbonyl (C=O) groups is 1. The number of hydrogen-bond donors (Lipinski definition) is 2. The van der Waals surface area contributed by atoms with E-state index >= 15 is 0 Å². The Morgan fingerprint density at radius 2 is 2.18 bits per heavy atom. The van der Waals surface area contributed by atoms with Crippen LogP contribution < -0.4 is 11.1 Å². The van der Waals surface area contributed by atoms with Gasteiger partial charge in [0.2, 0.25) is 5.91 Å². The van der Waals surface area contributed by atoms with Crippen molar-refractivity contribution in [3.05, 3.63) is 0 Å². The normalized spacial score (nSPS) is 28.1. The summed E-state index contributed by atoms with van der Waals surface area (Å²) in [5, 5.41) is 3.08. The van der Waals surface area contributed by atoms with Crippen LogP contribution in [0.1, 0.15) is 40.0 Å². The van der Waals surface area contributed by atoms with Crippen molar-refractivity contribution in [1.29, 1.82) is 0 Å². The van der Waals surface area contributed by atoms with Gasteiger partial charge in [-0.2, -0.15) is 0 Å². The zero-order valence-corrected chi connectivity index (χ0v) is 11.6. The number of likely N-dealkylation sites (tertiary alicyclic amines) is 1. The van der Waals surface area contributed by atoms with Gasteiger partial charge in [-0.15, -0.1) is 0 Å². The molecule has 0 radical (unpaired) electrons. The summed E-state index contributed by atoms with van der Waals surface area (Å²) in [5.74, 6) is 0.479. The van der Waals surface area contributed by atoms with Crippen LogP contribution in [-0.4, -0.2) is 42.5 Å². The lowest BCUT2D eigenvalue weighted by Crippen LogP contribution is -2.51. The monoisotopic (exact) mass is 241 g/mol. The third kappa shape index (κ3) is 4.64. The van der Waals surface area contributed by atoms with Crippen LogP contribution in [0.15, 0.2) is 0 Å². The molecular weight excluding hydrogens is 214 g/mol. The second-order valence-corrected chi connectivity index (χ2v) is 5.80. The third-order valence-electron chi connectivity index (χ3n) is 3.62. The molecule has 0 aromatic heterocycles. The van der Waals surface area contributed by atoms with Crippen LogP contribution in [0.5, 0.6) is 0 Å². The Morgan fingerprint density at radius 1 is 1.53 bits per heavy atom. The van der Waals surface area contributed by atoms with Gasteiger partial charge < -0.3 is 16.0 Å². The predicted octanol–water partition coefficient (Wildman–Crippen LogP) is 0.959. The summed E-state index contributed by atoms with van der Waals surface area (Å²) in [6.07, 6.45) is 2.81. The van der Waals surface area contributed by atoms with Crippen LogP contribution >= 0.6 is 0 Å². The number of nitrogens with two attached hydrogens (primary N) is 1. The first-order valence-electron chi connectivity index (χ1n) is 6.66. The summed E-state index contributed by atoms with van der Waals surface area (Å²) in [6, 6.07) is 0.479. The molecule has 1 amide bonds. The van der Waals surface area contributed by atoms with Gasteiger partial charge in [-0.25, -0.2) is 0 Å². The lowest BCUT2D eigenvalue weighted by Gasteiger charge is -2.35. The fourth-order valence-corrected chi connectivity index (χ4v) is 2.34. The number of hydrogen-bond acceptors (Lipinski definition) is 3. The van der Waals surface area contributed by atoms with Gasteiger partial charge in [0.25, 0.3) is 0 Å². The first kappa shape index (κ1) is 14.5.